The fourth-order valence-electron chi connectivity index (χ4n) is 1.44. The highest BCUT2D eigenvalue weighted by Gasteiger charge is 2.12. The number of allylic oxidation sites excluding steroid dienone is 1. The van der Waals surface area contributed by atoms with Crippen LogP contribution in [0, 0.1) is 0 Å². The van der Waals surface area contributed by atoms with Crippen LogP contribution in [-0.2, 0) is 10.0 Å². The molecule has 0 aromatic heterocycles. The van der Waals surface area contributed by atoms with Gasteiger partial charge in [0.15, 0.2) is 0 Å². The van der Waals surface area contributed by atoms with Crippen LogP contribution in [-0.4, -0.2) is 22.0 Å². The van der Waals surface area contributed by atoms with Crippen molar-refractivity contribution in [2.24, 2.45) is 0 Å². The van der Waals surface area contributed by atoms with Crippen LogP contribution >= 0.6 is 0 Å². The number of nitrogen functional groups attached to an aromatic ring is 1. The van der Waals surface area contributed by atoms with Gasteiger partial charge in [-0.3, -0.25) is 0 Å². The van der Waals surface area contributed by atoms with Crippen molar-refractivity contribution in [3.63, 3.8) is 0 Å². The van der Waals surface area contributed by atoms with Crippen LogP contribution in [0.15, 0.2) is 35.2 Å². The molecule has 0 heterocycles. The molecule has 0 radical (unpaired) electrons. The minimum Gasteiger partial charge on any atom is -0.397 e. The number of sulfonamides is 1. The van der Waals surface area contributed by atoms with Gasteiger partial charge in [0.1, 0.15) is 0 Å². The maximum atomic E-state index is 11.6. The second kappa shape index (κ2) is 6.42. The molecule has 1 aromatic rings. The Bertz CT molecular complexity index is 524. The van der Waals surface area contributed by atoms with Crippen molar-refractivity contribution >= 4 is 21.4 Å². The Kier molecular flexibility index (Phi) is 5.18. The minimum absolute atomic E-state index is 0.168. The van der Waals surface area contributed by atoms with Crippen LogP contribution in [0.4, 0.5) is 11.4 Å². The van der Waals surface area contributed by atoms with Crippen LogP contribution < -0.4 is 15.8 Å². The Morgan fingerprint density at radius 2 is 2.11 bits per heavy atom. The molecule has 1 aromatic carbocycles. The topological polar surface area (TPSA) is 84.2 Å². The van der Waals surface area contributed by atoms with Crippen molar-refractivity contribution < 1.29 is 8.42 Å². The molecule has 5 nitrogen and oxygen atoms in total. The van der Waals surface area contributed by atoms with Gasteiger partial charge < -0.3 is 11.1 Å². The van der Waals surface area contributed by atoms with E-state index >= 15 is 0 Å². The molecule has 0 aliphatic heterocycles. The smallest absolute Gasteiger partial charge is 0.240 e. The summed E-state index contributed by atoms with van der Waals surface area (Å²) in [6.07, 6.45) is 4.92. The van der Waals surface area contributed by atoms with Crippen molar-refractivity contribution in [3.8, 4) is 0 Å². The molecule has 0 atom stereocenters. The van der Waals surface area contributed by atoms with Gasteiger partial charge in [-0.15, -0.1) is 0 Å². The molecule has 100 valence electrons. The van der Waals surface area contributed by atoms with Crippen molar-refractivity contribution in [1.29, 1.82) is 0 Å². The monoisotopic (exact) mass is 269 g/mol. The molecule has 0 fully saturated rings. The second-order valence-corrected chi connectivity index (χ2v) is 5.63. The number of rotatable bonds is 6. The summed E-state index contributed by atoms with van der Waals surface area (Å²) in [5.41, 5.74) is 6.98. The van der Waals surface area contributed by atoms with E-state index in [4.69, 9.17) is 5.73 Å². The van der Waals surface area contributed by atoms with Crippen LogP contribution in [0.25, 0.3) is 0 Å². The van der Waals surface area contributed by atoms with E-state index in [1.54, 1.807) is 6.07 Å². The minimum atomic E-state index is -3.44. The molecule has 0 aliphatic rings. The summed E-state index contributed by atoms with van der Waals surface area (Å²) in [4.78, 5) is 0.168. The second-order valence-electron chi connectivity index (χ2n) is 3.74. The maximum absolute atomic E-state index is 11.6. The molecule has 0 saturated heterocycles. The Morgan fingerprint density at radius 1 is 1.39 bits per heavy atom. The average molecular weight is 269 g/mol. The largest absolute Gasteiger partial charge is 0.397 e. The van der Waals surface area contributed by atoms with Gasteiger partial charge in [-0.05, 0) is 38.6 Å². The highest BCUT2D eigenvalue weighted by molar-refractivity contribution is 7.89. The van der Waals surface area contributed by atoms with E-state index in [0.717, 1.165) is 18.7 Å². The SMILES string of the molecule is C/C=C/CCNc1ccc(S(=O)(=O)NC)cc1N. The first-order valence-corrected chi connectivity index (χ1v) is 7.17. The maximum Gasteiger partial charge on any atom is 0.240 e. The molecular weight excluding hydrogens is 250 g/mol. The third-order valence-corrected chi connectivity index (χ3v) is 3.88. The number of benzene rings is 1. The van der Waals surface area contributed by atoms with Crippen LogP contribution in [0.3, 0.4) is 0 Å². The lowest BCUT2D eigenvalue weighted by Gasteiger charge is -2.10. The lowest BCUT2D eigenvalue weighted by atomic mass is 10.2. The van der Waals surface area contributed by atoms with E-state index in [1.807, 2.05) is 19.1 Å². The molecular formula is C12H19N3O2S. The summed E-state index contributed by atoms with van der Waals surface area (Å²) in [7, 11) is -2.07. The number of hydrogen-bond donors (Lipinski definition) is 3. The molecule has 0 aliphatic carbocycles. The number of nitrogens with one attached hydrogen (secondary N) is 2. The van der Waals surface area contributed by atoms with Gasteiger partial charge in [0.2, 0.25) is 10.0 Å². The van der Waals surface area contributed by atoms with Gasteiger partial charge in [-0.2, -0.15) is 0 Å². The molecule has 0 unspecified atom stereocenters. The number of nitrogens with two attached hydrogens (primary N) is 1. The van der Waals surface area contributed by atoms with E-state index in [1.165, 1.54) is 19.2 Å². The third kappa shape index (κ3) is 3.75. The zero-order valence-electron chi connectivity index (χ0n) is 10.6. The highest BCUT2D eigenvalue weighted by atomic mass is 32.2. The summed E-state index contributed by atoms with van der Waals surface area (Å²) in [5, 5.41) is 3.15. The first-order valence-electron chi connectivity index (χ1n) is 5.69. The molecule has 4 N–H and O–H groups in total. The lowest BCUT2D eigenvalue weighted by Crippen LogP contribution is -2.18. The quantitative estimate of drug-likeness (QED) is 0.415. The predicted octanol–water partition coefficient (Wildman–Crippen LogP) is 1.55. The van der Waals surface area contributed by atoms with E-state index in [9.17, 15) is 8.42 Å². The Hall–Kier alpha value is -1.53. The van der Waals surface area contributed by atoms with Gasteiger partial charge in [-0.25, -0.2) is 13.1 Å². The fourth-order valence-corrected chi connectivity index (χ4v) is 2.21. The standard InChI is InChI=1S/C12H19N3O2S/c1-3-4-5-8-15-12-7-6-10(9-11(12)13)18(16,17)14-2/h3-4,6-7,9,14-15H,5,8,13H2,1-2H3/b4-3+. The van der Waals surface area contributed by atoms with Crippen LogP contribution in [0.1, 0.15) is 13.3 Å². The van der Waals surface area contributed by atoms with E-state index < -0.39 is 10.0 Å². The van der Waals surface area contributed by atoms with Crippen molar-refractivity contribution in [2.75, 3.05) is 24.6 Å². The normalized spacial score (nSPS) is 11.9. The number of anilines is 2. The van der Waals surface area contributed by atoms with Crippen molar-refractivity contribution in [2.45, 2.75) is 18.2 Å². The first-order chi connectivity index (χ1) is 8.51. The Morgan fingerprint density at radius 3 is 2.67 bits per heavy atom. The van der Waals surface area contributed by atoms with Gasteiger partial charge in [0.05, 0.1) is 16.3 Å². The van der Waals surface area contributed by atoms with Crippen LogP contribution in [0.2, 0.25) is 0 Å². The first kappa shape index (κ1) is 14.5. The van der Waals surface area contributed by atoms with Gasteiger partial charge in [0.25, 0.3) is 0 Å². The summed E-state index contributed by atoms with van der Waals surface area (Å²) in [5.74, 6) is 0. The zero-order valence-corrected chi connectivity index (χ0v) is 11.4. The number of hydrogen-bond acceptors (Lipinski definition) is 4. The predicted molar refractivity (Wildman–Crippen MR) is 75.0 cm³/mol. The summed E-state index contributed by atoms with van der Waals surface area (Å²) in [6, 6.07) is 4.65. The summed E-state index contributed by atoms with van der Waals surface area (Å²) < 4.78 is 25.4. The van der Waals surface area contributed by atoms with Gasteiger partial charge in [0, 0.05) is 6.54 Å². The molecule has 18 heavy (non-hydrogen) atoms. The van der Waals surface area contributed by atoms with Crippen LogP contribution in [0.5, 0.6) is 0 Å². The third-order valence-electron chi connectivity index (χ3n) is 2.46. The summed E-state index contributed by atoms with van der Waals surface area (Å²) >= 11 is 0. The van der Waals surface area contributed by atoms with Crippen molar-refractivity contribution in [1.82, 2.24) is 4.72 Å². The van der Waals surface area contributed by atoms with E-state index in [0.29, 0.717) is 5.69 Å². The highest BCUT2D eigenvalue weighted by Crippen LogP contribution is 2.22. The lowest BCUT2D eigenvalue weighted by molar-refractivity contribution is 0.588. The average Bonchev–Trinajstić information content (AvgIpc) is 2.36. The van der Waals surface area contributed by atoms with Crippen molar-refractivity contribution in [3.05, 3.63) is 30.4 Å². The Labute approximate surface area is 108 Å². The molecule has 0 amide bonds. The van der Waals surface area contributed by atoms with E-state index in [2.05, 4.69) is 10.0 Å². The summed E-state index contributed by atoms with van der Waals surface area (Å²) in [6.45, 7) is 2.72. The van der Waals surface area contributed by atoms with Gasteiger partial charge >= 0.3 is 0 Å². The molecule has 1 rings (SSSR count). The molecule has 0 bridgehead atoms. The zero-order chi connectivity index (χ0) is 13.6. The van der Waals surface area contributed by atoms with E-state index in [-0.39, 0.29) is 4.90 Å². The van der Waals surface area contributed by atoms with Gasteiger partial charge in [-0.1, -0.05) is 12.2 Å². The molecule has 0 spiro atoms. The molecule has 0 saturated carbocycles. The fraction of sp³-hybridized carbons (Fsp3) is 0.333. The Balaban J connectivity index is 2.80. The molecule has 6 heteroatoms.